The van der Waals surface area contributed by atoms with Crippen LogP contribution in [0.3, 0.4) is 0 Å². The molecule has 136 valence electrons. The third-order valence-electron chi connectivity index (χ3n) is 5.06. The van der Waals surface area contributed by atoms with E-state index in [2.05, 4.69) is 21.4 Å². The Morgan fingerprint density at radius 3 is 2.88 bits per heavy atom. The Hall–Kier alpha value is -1.79. The molecule has 1 aliphatic heterocycles. The van der Waals surface area contributed by atoms with Gasteiger partial charge in [-0.3, -0.25) is 4.79 Å². The number of fused-ring (bicyclic) bond motifs is 1. The van der Waals surface area contributed by atoms with Gasteiger partial charge in [0.15, 0.2) is 5.75 Å². The van der Waals surface area contributed by atoms with Crippen LogP contribution in [0.5, 0.6) is 5.75 Å². The Morgan fingerprint density at radius 2 is 2.24 bits per heavy atom. The first-order valence-electron chi connectivity index (χ1n) is 8.75. The molecule has 1 unspecified atom stereocenters. The number of primary amides is 1. The molecule has 2 aromatic rings. The van der Waals surface area contributed by atoms with E-state index in [4.69, 9.17) is 22.1 Å². The van der Waals surface area contributed by atoms with Crippen LogP contribution in [-0.4, -0.2) is 47.1 Å². The van der Waals surface area contributed by atoms with Crippen molar-refractivity contribution in [3.8, 4) is 5.75 Å². The summed E-state index contributed by atoms with van der Waals surface area (Å²) in [7, 11) is 1.52. The van der Waals surface area contributed by atoms with Gasteiger partial charge in [-0.2, -0.15) is 0 Å². The van der Waals surface area contributed by atoms with Crippen LogP contribution in [0.1, 0.15) is 48.4 Å². The van der Waals surface area contributed by atoms with Crippen molar-refractivity contribution in [3.63, 3.8) is 0 Å². The van der Waals surface area contributed by atoms with Crippen LogP contribution in [0.4, 0.5) is 0 Å². The van der Waals surface area contributed by atoms with Crippen LogP contribution < -0.4 is 10.5 Å². The number of amides is 1. The van der Waals surface area contributed by atoms with E-state index in [9.17, 15) is 4.79 Å². The summed E-state index contributed by atoms with van der Waals surface area (Å²) in [6, 6.07) is 1.89. The number of hydrogen-bond acceptors (Lipinski definition) is 4. The molecule has 1 amide bonds. The number of nitrogens with zero attached hydrogens (tertiary/aromatic N) is 3. The van der Waals surface area contributed by atoms with Crippen LogP contribution in [0.2, 0.25) is 5.02 Å². The number of methoxy groups -OCH3 is 1. The second-order valence-corrected chi connectivity index (χ2v) is 6.98. The molecule has 1 aromatic carbocycles. The second-order valence-electron chi connectivity index (χ2n) is 6.57. The van der Waals surface area contributed by atoms with Gasteiger partial charge in [0.05, 0.1) is 23.2 Å². The topological polar surface area (TPSA) is 73.4 Å². The number of aryl methyl sites for hydroxylation is 1. The number of ether oxygens (including phenoxy) is 1. The van der Waals surface area contributed by atoms with Crippen molar-refractivity contribution in [2.45, 2.75) is 39.2 Å². The molecule has 7 heteroatoms. The zero-order chi connectivity index (χ0) is 18.1. The monoisotopic (exact) mass is 364 g/mol. The highest BCUT2D eigenvalue weighted by atomic mass is 35.5. The molecule has 2 N–H and O–H groups in total. The van der Waals surface area contributed by atoms with E-state index in [-0.39, 0.29) is 5.56 Å². The fourth-order valence-electron chi connectivity index (χ4n) is 3.85. The van der Waals surface area contributed by atoms with E-state index < -0.39 is 5.91 Å². The molecule has 6 nitrogen and oxygen atoms in total. The number of halogens is 1. The molecule has 3 rings (SSSR count). The van der Waals surface area contributed by atoms with Gasteiger partial charge in [-0.25, -0.2) is 4.98 Å². The minimum absolute atomic E-state index is 0.265. The van der Waals surface area contributed by atoms with Crippen LogP contribution in [0.15, 0.2) is 6.07 Å². The molecule has 25 heavy (non-hydrogen) atoms. The Kier molecular flexibility index (Phi) is 5.20. The summed E-state index contributed by atoms with van der Waals surface area (Å²) in [5.74, 6) is 0.703. The smallest absolute Gasteiger partial charge is 0.252 e. The minimum Gasteiger partial charge on any atom is -0.494 e. The molecule has 0 bridgehead atoms. The molecule has 1 fully saturated rings. The number of nitrogens with two attached hydrogens (primary N) is 1. The third kappa shape index (κ3) is 3.20. The first kappa shape index (κ1) is 18.0. The van der Waals surface area contributed by atoms with Gasteiger partial charge in [-0.1, -0.05) is 24.9 Å². The SMILES string of the molecule is CCN1CCCCC(n2c(C)nc3c(OC)c(C(N)=O)cc(Cl)c32)C1. The fraction of sp³-hybridized carbons (Fsp3) is 0.556. The van der Waals surface area contributed by atoms with E-state index in [1.165, 1.54) is 20.0 Å². The van der Waals surface area contributed by atoms with Crippen molar-refractivity contribution in [2.75, 3.05) is 26.7 Å². The second kappa shape index (κ2) is 7.22. The van der Waals surface area contributed by atoms with Gasteiger partial charge in [0.2, 0.25) is 0 Å². The highest BCUT2D eigenvalue weighted by Gasteiger charge is 2.26. The van der Waals surface area contributed by atoms with Gasteiger partial charge < -0.3 is 19.9 Å². The number of benzene rings is 1. The van der Waals surface area contributed by atoms with Gasteiger partial charge in [-0.15, -0.1) is 0 Å². The molecule has 0 radical (unpaired) electrons. The van der Waals surface area contributed by atoms with Gasteiger partial charge in [0, 0.05) is 12.6 Å². The summed E-state index contributed by atoms with van der Waals surface area (Å²) in [5, 5.41) is 0.484. The van der Waals surface area contributed by atoms with E-state index in [0.29, 0.717) is 22.3 Å². The lowest BCUT2D eigenvalue weighted by Gasteiger charge is -2.25. The zero-order valence-electron chi connectivity index (χ0n) is 15.0. The zero-order valence-corrected chi connectivity index (χ0v) is 15.8. The fourth-order valence-corrected chi connectivity index (χ4v) is 4.14. The van der Waals surface area contributed by atoms with E-state index in [0.717, 1.165) is 37.4 Å². The predicted molar refractivity (Wildman–Crippen MR) is 99.6 cm³/mol. The first-order chi connectivity index (χ1) is 12.0. The molecule has 1 aliphatic rings. The van der Waals surface area contributed by atoms with Gasteiger partial charge in [-0.05, 0) is 38.9 Å². The normalized spacial score (nSPS) is 19.1. The summed E-state index contributed by atoms with van der Waals surface area (Å²) < 4.78 is 7.66. The molecular formula is C18H25ClN4O2. The predicted octanol–water partition coefficient (Wildman–Crippen LogP) is 3.15. The third-order valence-corrected chi connectivity index (χ3v) is 5.35. The molecule has 0 spiro atoms. The maximum atomic E-state index is 11.7. The number of carbonyl (C=O) groups is 1. The molecule has 1 saturated heterocycles. The molecule has 2 heterocycles. The highest BCUT2D eigenvalue weighted by molar-refractivity contribution is 6.36. The van der Waals surface area contributed by atoms with Crippen molar-refractivity contribution in [2.24, 2.45) is 5.73 Å². The van der Waals surface area contributed by atoms with Crippen LogP contribution in [0.25, 0.3) is 11.0 Å². The van der Waals surface area contributed by atoms with Crippen LogP contribution in [-0.2, 0) is 0 Å². The maximum absolute atomic E-state index is 11.7. The van der Waals surface area contributed by atoms with Crippen molar-refractivity contribution in [3.05, 3.63) is 22.5 Å². The van der Waals surface area contributed by atoms with Crippen molar-refractivity contribution < 1.29 is 9.53 Å². The minimum atomic E-state index is -0.570. The number of aromatic nitrogens is 2. The number of hydrogen-bond donors (Lipinski definition) is 1. The summed E-state index contributed by atoms with van der Waals surface area (Å²) in [5.41, 5.74) is 7.17. The lowest BCUT2D eigenvalue weighted by molar-refractivity contribution is 0.0997. The van der Waals surface area contributed by atoms with Gasteiger partial charge in [0.1, 0.15) is 11.3 Å². The standard InChI is InChI=1S/C18H25ClN4O2/c1-4-22-8-6-5-7-12(10-22)23-11(2)21-15-16(23)14(19)9-13(18(20)24)17(15)25-3/h9,12H,4-8,10H2,1-3H3,(H2,20,24). The van der Waals surface area contributed by atoms with Crippen molar-refractivity contribution in [1.29, 1.82) is 0 Å². The summed E-state index contributed by atoms with van der Waals surface area (Å²) in [4.78, 5) is 18.9. The highest BCUT2D eigenvalue weighted by Crippen LogP contribution is 2.38. The number of carbonyl (C=O) groups excluding carboxylic acids is 1. The Labute approximate surface area is 152 Å². The molecule has 0 saturated carbocycles. The van der Waals surface area contributed by atoms with Gasteiger partial charge in [0.25, 0.3) is 5.91 Å². The summed E-state index contributed by atoms with van der Waals surface area (Å²) in [6.07, 6.45) is 3.46. The van der Waals surface area contributed by atoms with E-state index in [1.54, 1.807) is 6.07 Å². The number of likely N-dealkylation sites (N-methyl/N-ethyl adjacent to an activating group) is 1. The lowest BCUT2D eigenvalue weighted by atomic mass is 10.1. The Morgan fingerprint density at radius 1 is 1.48 bits per heavy atom. The molecule has 1 atom stereocenters. The van der Waals surface area contributed by atoms with Crippen molar-refractivity contribution in [1.82, 2.24) is 14.5 Å². The number of likely N-dealkylation sites (tertiary alicyclic amines) is 1. The van der Waals surface area contributed by atoms with Crippen molar-refractivity contribution >= 4 is 28.5 Å². The summed E-state index contributed by atoms with van der Waals surface area (Å²) >= 11 is 6.55. The first-order valence-corrected chi connectivity index (χ1v) is 9.12. The summed E-state index contributed by atoms with van der Waals surface area (Å²) in [6.45, 7) is 7.29. The Balaban J connectivity index is 2.19. The lowest BCUT2D eigenvalue weighted by Crippen LogP contribution is -2.30. The Bertz CT molecular complexity index is 802. The van der Waals surface area contributed by atoms with Gasteiger partial charge >= 0.3 is 0 Å². The number of rotatable bonds is 4. The quantitative estimate of drug-likeness (QED) is 0.904. The molecule has 1 aromatic heterocycles. The van der Waals surface area contributed by atoms with Crippen LogP contribution in [0, 0.1) is 6.92 Å². The average molecular weight is 365 g/mol. The molecular weight excluding hydrogens is 340 g/mol. The largest absolute Gasteiger partial charge is 0.494 e. The average Bonchev–Trinajstić information content (AvgIpc) is 2.78. The van der Waals surface area contributed by atoms with E-state index >= 15 is 0 Å². The number of imidazole rings is 1. The molecule has 0 aliphatic carbocycles. The van der Waals surface area contributed by atoms with Crippen LogP contribution >= 0.6 is 11.6 Å². The maximum Gasteiger partial charge on any atom is 0.252 e. The van der Waals surface area contributed by atoms with E-state index in [1.807, 2.05) is 6.92 Å².